The van der Waals surface area contributed by atoms with Gasteiger partial charge in [-0.2, -0.15) is 0 Å². The molecule has 5 nitrogen and oxygen atoms in total. The zero-order valence-electron chi connectivity index (χ0n) is 11.6. The van der Waals surface area contributed by atoms with E-state index >= 15 is 0 Å². The van der Waals surface area contributed by atoms with E-state index in [0.717, 1.165) is 32.8 Å². The highest BCUT2D eigenvalue weighted by atomic mass is 35.5. The van der Waals surface area contributed by atoms with Crippen molar-refractivity contribution in [2.75, 3.05) is 46.0 Å². The minimum absolute atomic E-state index is 0.0276. The minimum Gasteiger partial charge on any atom is -0.484 e. The van der Waals surface area contributed by atoms with Crippen molar-refractivity contribution >= 4 is 17.5 Å². The number of nitrogens with zero attached hydrogens (tertiary/aromatic N) is 1. The molecule has 1 aliphatic rings. The quantitative estimate of drug-likeness (QED) is 0.859. The van der Waals surface area contributed by atoms with Crippen molar-refractivity contribution in [3.8, 4) is 5.75 Å². The van der Waals surface area contributed by atoms with Gasteiger partial charge in [0.2, 0.25) is 0 Å². The molecule has 1 aliphatic heterocycles. The Morgan fingerprint density at radius 3 is 2.90 bits per heavy atom. The normalized spacial score (nSPS) is 15.7. The highest BCUT2D eigenvalue weighted by molar-refractivity contribution is 6.30. The third kappa shape index (κ3) is 5.49. The maximum atomic E-state index is 13.0. The average molecular weight is 317 g/mol. The van der Waals surface area contributed by atoms with Crippen molar-refractivity contribution in [3.63, 3.8) is 0 Å². The van der Waals surface area contributed by atoms with Crippen LogP contribution < -0.4 is 10.1 Å². The Morgan fingerprint density at radius 2 is 2.19 bits per heavy atom. The number of carbonyl (C=O) groups is 1. The lowest BCUT2D eigenvalue weighted by Gasteiger charge is -2.26. The van der Waals surface area contributed by atoms with Gasteiger partial charge in [-0.25, -0.2) is 4.39 Å². The second-order valence-electron chi connectivity index (χ2n) is 4.67. The SMILES string of the molecule is O=C(COc1ccc(F)c(Cl)c1)NCCN1CCOCC1. The van der Waals surface area contributed by atoms with Crippen LogP contribution in [0.1, 0.15) is 0 Å². The van der Waals surface area contributed by atoms with Crippen molar-refractivity contribution in [2.24, 2.45) is 0 Å². The first-order chi connectivity index (χ1) is 10.1. The summed E-state index contributed by atoms with van der Waals surface area (Å²) < 4.78 is 23.5. The summed E-state index contributed by atoms with van der Waals surface area (Å²) in [5, 5.41) is 2.75. The predicted octanol–water partition coefficient (Wildman–Crippen LogP) is 1.31. The van der Waals surface area contributed by atoms with Crippen molar-refractivity contribution < 1.29 is 18.7 Å². The molecule has 0 atom stereocenters. The number of hydrogen-bond acceptors (Lipinski definition) is 4. The fourth-order valence-electron chi connectivity index (χ4n) is 1.94. The summed E-state index contributed by atoms with van der Waals surface area (Å²) in [5.74, 6) is -0.368. The van der Waals surface area contributed by atoms with E-state index in [0.29, 0.717) is 12.3 Å². The van der Waals surface area contributed by atoms with Crippen LogP contribution in [0.25, 0.3) is 0 Å². The highest BCUT2D eigenvalue weighted by Gasteiger charge is 2.10. The van der Waals surface area contributed by atoms with Gasteiger partial charge in [-0.3, -0.25) is 9.69 Å². The summed E-state index contributed by atoms with van der Waals surface area (Å²) in [5.41, 5.74) is 0. The van der Waals surface area contributed by atoms with Gasteiger partial charge in [0.1, 0.15) is 11.6 Å². The number of benzene rings is 1. The molecule has 0 bridgehead atoms. The van der Waals surface area contributed by atoms with E-state index in [1.54, 1.807) is 0 Å². The maximum Gasteiger partial charge on any atom is 0.257 e. The zero-order chi connectivity index (χ0) is 15.1. The third-order valence-electron chi connectivity index (χ3n) is 3.11. The summed E-state index contributed by atoms with van der Waals surface area (Å²) in [6.45, 7) is 4.49. The van der Waals surface area contributed by atoms with Gasteiger partial charge in [0.05, 0.1) is 18.2 Å². The molecule has 1 heterocycles. The van der Waals surface area contributed by atoms with Gasteiger partial charge in [0, 0.05) is 32.2 Å². The average Bonchev–Trinajstić information content (AvgIpc) is 2.49. The van der Waals surface area contributed by atoms with Crippen molar-refractivity contribution in [1.29, 1.82) is 0 Å². The molecule has 0 aliphatic carbocycles. The highest BCUT2D eigenvalue weighted by Crippen LogP contribution is 2.20. The number of nitrogens with one attached hydrogen (secondary N) is 1. The number of amides is 1. The molecule has 0 spiro atoms. The summed E-state index contributed by atoms with van der Waals surface area (Å²) >= 11 is 5.63. The first-order valence-electron chi connectivity index (χ1n) is 6.80. The molecule has 7 heteroatoms. The number of rotatable bonds is 6. The van der Waals surface area contributed by atoms with Gasteiger partial charge < -0.3 is 14.8 Å². The van der Waals surface area contributed by atoms with Crippen molar-refractivity contribution in [2.45, 2.75) is 0 Å². The molecular weight excluding hydrogens is 299 g/mol. The van der Waals surface area contributed by atoms with Gasteiger partial charge in [-0.05, 0) is 12.1 Å². The van der Waals surface area contributed by atoms with Crippen LogP contribution in [-0.2, 0) is 9.53 Å². The van der Waals surface area contributed by atoms with E-state index in [-0.39, 0.29) is 17.5 Å². The van der Waals surface area contributed by atoms with Gasteiger partial charge in [0.15, 0.2) is 6.61 Å². The molecule has 21 heavy (non-hydrogen) atoms. The lowest BCUT2D eigenvalue weighted by atomic mass is 10.3. The van der Waals surface area contributed by atoms with Gasteiger partial charge in [0.25, 0.3) is 5.91 Å². The monoisotopic (exact) mass is 316 g/mol. The first kappa shape index (κ1) is 16.0. The van der Waals surface area contributed by atoms with Gasteiger partial charge in [-0.1, -0.05) is 11.6 Å². The van der Waals surface area contributed by atoms with Gasteiger partial charge >= 0.3 is 0 Å². The number of halogens is 2. The van der Waals surface area contributed by atoms with E-state index in [1.807, 2.05) is 0 Å². The van der Waals surface area contributed by atoms with E-state index in [4.69, 9.17) is 21.1 Å². The molecule has 1 fully saturated rings. The molecule has 1 aromatic carbocycles. The number of carbonyl (C=O) groups excluding carboxylic acids is 1. The second kappa shape index (κ2) is 8.17. The molecule has 116 valence electrons. The van der Waals surface area contributed by atoms with Crippen LogP contribution in [0, 0.1) is 5.82 Å². The lowest BCUT2D eigenvalue weighted by Crippen LogP contribution is -2.42. The summed E-state index contributed by atoms with van der Waals surface area (Å²) in [6, 6.07) is 3.98. The van der Waals surface area contributed by atoms with Crippen LogP contribution in [-0.4, -0.2) is 56.8 Å². The standard InChI is InChI=1S/C14H18ClFN2O3/c15-12-9-11(1-2-13(12)16)21-10-14(19)17-3-4-18-5-7-20-8-6-18/h1-2,9H,3-8,10H2,(H,17,19). The Hall–Kier alpha value is -1.37. The van der Waals surface area contributed by atoms with Gasteiger partial charge in [-0.15, -0.1) is 0 Å². The second-order valence-corrected chi connectivity index (χ2v) is 5.08. The number of morpholine rings is 1. The Labute approximate surface area is 128 Å². The first-order valence-corrected chi connectivity index (χ1v) is 7.17. The summed E-state index contributed by atoms with van der Waals surface area (Å²) in [6.07, 6.45) is 0. The van der Waals surface area contributed by atoms with Crippen LogP contribution in [0.4, 0.5) is 4.39 Å². The van der Waals surface area contributed by atoms with E-state index in [1.165, 1.54) is 18.2 Å². The molecule has 1 N–H and O–H groups in total. The van der Waals surface area contributed by atoms with E-state index < -0.39 is 5.82 Å². The van der Waals surface area contributed by atoms with Crippen LogP contribution >= 0.6 is 11.6 Å². The van der Waals surface area contributed by atoms with Crippen LogP contribution in [0.2, 0.25) is 5.02 Å². The Balaban J connectivity index is 1.63. The van der Waals surface area contributed by atoms with Crippen molar-refractivity contribution in [3.05, 3.63) is 29.0 Å². The van der Waals surface area contributed by atoms with E-state index in [2.05, 4.69) is 10.2 Å². The summed E-state index contributed by atoms with van der Waals surface area (Å²) in [4.78, 5) is 13.9. The smallest absolute Gasteiger partial charge is 0.257 e. The fourth-order valence-corrected chi connectivity index (χ4v) is 2.12. The van der Waals surface area contributed by atoms with Crippen LogP contribution in [0.15, 0.2) is 18.2 Å². The maximum absolute atomic E-state index is 13.0. The number of hydrogen-bond donors (Lipinski definition) is 1. The molecule has 1 saturated heterocycles. The molecule has 0 saturated carbocycles. The fraction of sp³-hybridized carbons (Fsp3) is 0.500. The molecule has 0 radical (unpaired) electrons. The Kier molecular flexibility index (Phi) is 6.22. The third-order valence-corrected chi connectivity index (χ3v) is 3.40. The zero-order valence-corrected chi connectivity index (χ0v) is 12.4. The molecular formula is C14H18ClFN2O3. The van der Waals surface area contributed by atoms with Crippen molar-refractivity contribution in [1.82, 2.24) is 10.2 Å². The molecule has 1 amide bonds. The lowest BCUT2D eigenvalue weighted by molar-refractivity contribution is -0.123. The Morgan fingerprint density at radius 1 is 1.43 bits per heavy atom. The predicted molar refractivity (Wildman–Crippen MR) is 77.2 cm³/mol. The minimum atomic E-state index is -0.515. The molecule has 0 unspecified atom stereocenters. The van der Waals surface area contributed by atoms with Crippen LogP contribution in [0.5, 0.6) is 5.75 Å². The van der Waals surface area contributed by atoms with Crippen LogP contribution in [0.3, 0.4) is 0 Å². The van der Waals surface area contributed by atoms with E-state index in [9.17, 15) is 9.18 Å². The largest absolute Gasteiger partial charge is 0.484 e. The Bertz CT molecular complexity index is 481. The summed E-state index contributed by atoms with van der Waals surface area (Å²) in [7, 11) is 0. The number of ether oxygens (including phenoxy) is 2. The molecule has 1 aromatic rings. The molecule has 0 aromatic heterocycles. The molecule has 2 rings (SSSR count). The topological polar surface area (TPSA) is 50.8 Å².